The molecule has 0 spiro atoms. The van der Waals surface area contributed by atoms with Crippen LogP contribution < -0.4 is 0 Å². The van der Waals surface area contributed by atoms with Gasteiger partial charge in [-0.25, -0.2) is 0 Å². The third kappa shape index (κ3) is 3.81. The maximum absolute atomic E-state index is 9.99. The first-order chi connectivity index (χ1) is 7.65. The van der Waals surface area contributed by atoms with E-state index in [1.54, 1.807) is 4.68 Å². The van der Waals surface area contributed by atoms with E-state index < -0.39 is 0 Å². The molecule has 0 amide bonds. The molecule has 1 N–H and O–H groups in total. The lowest BCUT2D eigenvalue weighted by molar-refractivity contribution is 0.154. The molecular formula is C13H22N2O. The average Bonchev–Trinajstić information content (AvgIpc) is 2.57. The Bertz CT molecular complexity index is 331. The first-order valence-corrected chi connectivity index (χ1v) is 5.94. The average molecular weight is 222 g/mol. The van der Waals surface area contributed by atoms with Gasteiger partial charge in [0.2, 0.25) is 0 Å². The summed E-state index contributed by atoms with van der Waals surface area (Å²) in [6.45, 7) is 5.64. The highest BCUT2D eigenvalue weighted by molar-refractivity contribution is 5.11. The summed E-state index contributed by atoms with van der Waals surface area (Å²) in [6.07, 6.45) is 6.83. The molecular weight excluding hydrogens is 200 g/mol. The lowest BCUT2D eigenvalue weighted by atomic mass is 10.1. The molecule has 16 heavy (non-hydrogen) atoms. The standard InChI is InChI=1S/C13H22N2O/c1-4-5-6-7-8-9-13(16)12-10-11(2)14-15(12)3/h4,10,13,16H,1,5-9H2,2-3H3. The minimum Gasteiger partial charge on any atom is -0.387 e. The Labute approximate surface area is 97.8 Å². The topological polar surface area (TPSA) is 38.1 Å². The largest absolute Gasteiger partial charge is 0.387 e. The number of unbranched alkanes of at least 4 members (excludes halogenated alkanes) is 3. The lowest BCUT2D eigenvalue weighted by Crippen LogP contribution is -2.05. The Balaban J connectivity index is 2.32. The Hall–Kier alpha value is -1.09. The van der Waals surface area contributed by atoms with E-state index in [0.717, 1.165) is 37.1 Å². The second-order valence-corrected chi connectivity index (χ2v) is 4.28. The van der Waals surface area contributed by atoms with Gasteiger partial charge in [0, 0.05) is 7.05 Å². The lowest BCUT2D eigenvalue weighted by Gasteiger charge is -2.10. The Morgan fingerprint density at radius 3 is 2.81 bits per heavy atom. The van der Waals surface area contributed by atoms with Gasteiger partial charge in [-0.2, -0.15) is 5.10 Å². The van der Waals surface area contributed by atoms with Crippen LogP contribution in [-0.4, -0.2) is 14.9 Å². The summed E-state index contributed by atoms with van der Waals surface area (Å²) in [5.41, 5.74) is 1.88. The van der Waals surface area contributed by atoms with E-state index >= 15 is 0 Å². The van der Waals surface area contributed by atoms with E-state index in [1.807, 2.05) is 26.1 Å². The molecule has 1 aromatic heterocycles. The molecule has 3 heteroatoms. The van der Waals surface area contributed by atoms with Crippen LogP contribution in [0, 0.1) is 6.92 Å². The van der Waals surface area contributed by atoms with Gasteiger partial charge in [-0.3, -0.25) is 4.68 Å². The molecule has 0 aliphatic carbocycles. The van der Waals surface area contributed by atoms with Crippen molar-refractivity contribution in [2.45, 2.75) is 45.1 Å². The number of hydrogen-bond acceptors (Lipinski definition) is 2. The molecule has 0 aliphatic rings. The fraction of sp³-hybridized carbons (Fsp3) is 0.615. The summed E-state index contributed by atoms with van der Waals surface area (Å²) in [5.74, 6) is 0. The van der Waals surface area contributed by atoms with Gasteiger partial charge in [0.1, 0.15) is 0 Å². The number of rotatable bonds is 7. The van der Waals surface area contributed by atoms with Gasteiger partial charge in [-0.05, 0) is 32.3 Å². The maximum atomic E-state index is 9.99. The second kappa shape index (κ2) is 6.48. The molecule has 0 saturated carbocycles. The van der Waals surface area contributed by atoms with Crippen molar-refractivity contribution < 1.29 is 5.11 Å². The first kappa shape index (κ1) is 13.0. The van der Waals surface area contributed by atoms with Gasteiger partial charge < -0.3 is 5.11 Å². The smallest absolute Gasteiger partial charge is 0.0956 e. The van der Waals surface area contributed by atoms with Gasteiger partial charge >= 0.3 is 0 Å². The monoisotopic (exact) mass is 222 g/mol. The summed E-state index contributed by atoms with van der Waals surface area (Å²) in [6, 6.07) is 1.95. The number of aromatic nitrogens is 2. The van der Waals surface area contributed by atoms with Crippen LogP contribution in [0.2, 0.25) is 0 Å². The van der Waals surface area contributed by atoms with E-state index in [-0.39, 0.29) is 6.10 Å². The van der Waals surface area contributed by atoms with Gasteiger partial charge in [0.15, 0.2) is 0 Å². The van der Waals surface area contributed by atoms with Crippen molar-refractivity contribution in [2.75, 3.05) is 0 Å². The van der Waals surface area contributed by atoms with Crippen molar-refractivity contribution in [1.82, 2.24) is 9.78 Å². The number of aliphatic hydroxyl groups is 1. The predicted molar refractivity (Wildman–Crippen MR) is 66.2 cm³/mol. The summed E-state index contributed by atoms with van der Waals surface area (Å²) in [7, 11) is 1.88. The van der Waals surface area contributed by atoms with Crippen molar-refractivity contribution in [3.8, 4) is 0 Å². The third-order valence-electron chi connectivity index (χ3n) is 2.77. The van der Waals surface area contributed by atoms with Gasteiger partial charge in [-0.15, -0.1) is 6.58 Å². The number of aryl methyl sites for hydroxylation is 2. The normalized spacial score (nSPS) is 12.7. The Morgan fingerprint density at radius 1 is 1.50 bits per heavy atom. The number of allylic oxidation sites excluding steroid dienone is 1. The zero-order valence-electron chi connectivity index (χ0n) is 10.3. The van der Waals surface area contributed by atoms with Gasteiger partial charge in [-0.1, -0.05) is 18.9 Å². The highest BCUT2D eigenvalue weighted by atomic mass is 16.3. The van der Waals surface area contributed by atoms with Crippen molar-refractivity contribution in [3.05, 3.63) is 30.1 Å². The fourth-order valence-electron chi connectivity index (χ4n) is 1.89. The van der Waals surface area contributed by atoms with Crippen molar-refractivity contribution in [2.24, 2.45) is 7.05 Å². The minimum absolute atomic E-state index is 0.380. The van der Waals surface area contributed by atoms with Crippen LogP contribution in [0.3, 0.4) is 0 Å². The molecule has 1 aromatic rings. The number of aliphatic hydroxyl groups excluding tert-OH is 1. The molecule has 0 saturated heterocycles. The molecule has 90 valence electrons. The molecule has 0 radical (unpaired) electrons. The van der Waals surface area contributed by atoms with E-state index in [1.165, 1.54) is 6.42 Å². The van der Waals surface area contributed by atoms with Gasteiger partial charge in [0.25, 0.3) is 0 Å². The molecule has 1 heterocycles. The summed E-state index contributed by atoms with van der Waals surface area (Å²) >= 11 is 0. The highest BCUT2D eigenvalue weighted by Crippen LogP contribution is 2.20. The van der Waals surface area contributed by atoms with Crippen LogP contribution in [0.4, 0.5) is 0 Å². The maximum Gasteiger partial charge on any atom is 0.0956 e. The van der Waals surface area contributed by atoms with Crippen LogP contribution >= 0.6 is 0 Å². The summed E-state index contributed by atoms with van der Waals surface area (Å²) in [5, 5.41) is 14.2. The van der Waals surface area contributed by atoms with Crippen molar-refractivity contribution in [1.29, 1.82) is 0 Å². The van der Waals surface area contributed by atoms with Crippen LogP contribution in [0.1, 0.15) is 49.6 Å². The van der Waals surface area contributed by atoms with Crippen molar-refractivity contribution in [3.63, 3.8) is 0 Å². The molecule has 1 rings (SSSR count). The highest BCUT2D eigenvalue weighted by Gasteiger charge is 2.12. The van der Waals surface area contributed by atoms with Crippen LogP contribution in [-0.2, 0) is 7.05 Å². The molecule has 0 bridgehead atoms. The Kier molecular flexibility index (Phi) is 5.26. The quantitative estimate of drug-likeness (QED) is 0.569. The fourth-order valence-corrected chi connectivity index (χ4v) is 1.89. The van der Waals surface area contributed by atoms with Crippen LogP contribution in [0.25, 0.3) is 0 Å². The third-order valence-corrected chi connectivity index (χ3v) is 2.77. The van der Waals surface area contributed by atoms with Gasteiger partial charge in [0.05, 0.1) is 17.5 Å². The minimum atomic E-state index is -0.380. The van der Waals surface area contributed by atoms with E-state index in [4.69, 9.17) is 0 Å². The zero-order chi connectivity index (χ0) is 12.0. The number of hydrogen-bond donors (Lipinski definition) is 1. The first-order valence-electron chi connectivity index (χ1n) is 5.94. The second-order valence-electron chi connectivity index (χ2n) is 4.28. The zero-order valence-corrected chi connectivity index (χ0v) is 10.3. The molecule has 0 fully saturated rings. The summed E-state index contributed by atoms with van der Waals surface area (Å²) < 4.78 is 1.77. The molecule has 1 atom stereocenters. The SMILES string of the molecule is C=CCCCCCC(O)c1cc(C)nn1C. The van der Waals surface area contributed by atoms with E-state index in [2.05, 4.69) is 11.7 Å². The predicted octanol–water partition coefficient (Wildman–Crippen LogP) is 2.90. The van der Waals surface area contributed by atoms with Crippen LogP contribution in [0.5, 0.6) is 0 Å². The molecule has 0 aliphatic heterocycles. The van der Waals surface area contributed by atoms with E-state index in [0.29, 0.717) is 0 Å². The van der Waals surface area contributed by atoms with Crippen LogP contribution in [0.15, 0.2) is 18.7 Å². The van der Waals surface area contributed by atoms with Crippen molar-refractivity contribution >= 4 is 0 Å². The molecule has 0 aromatic carbocycles. The number of nitrogens with zero attached hydrogens (tertiary/aromatic N) is 2. The summed E-state index contributed by atoms with van der Waals surface area (Å²) in [4.78, 5) is 0. The molecule has 1 unspecified atom stereocenters. The van der Waals surface area contributed by atoms with E-state index in [9.17, 15) is 5.11 Å². The molecule has 3 nitrogen and oxygen atoms in total. The Morgan fingerprint density at radius 2 is 2.25 bits per heavy atom.